The summed E-state index contributed by atoms with van der Waals surface area (Å²) in [6.45, 7) is 1.86. The van der Waals surface area contributed by atoms with Crippen LogP contribution >= 0.6 is 15.9 Å². The molecule has 2 aromatic carbocycles. The SMILES string of the molecule is Cc1cc(Oc2ccc(C(F)(F)F)cc2CN)ccc1Br. The number of rotatable bonds is 3. The number of ether oxygens (including phenoxy) is 1. The summed E-state index contributed by atoms with van der Waals surface area (Å²) in [5.74, 6) is 0.873. The van der Waals surface area contributed by atoms with Crippen molar-refractivity contribution in [1.82, 2.24) is 0 Å². The van der Waals surface area contributed by atoms with Crippen molar-refractivity contribution in [3.63, 3.8) is 0 Å². The van der Waals surface area contributed by atoms with E-state index in [2.05, 4.69) is 15.9 Å². The normalized spacial score (nSPS) is 11.5. The molecule has 2 aromatic rings. The Labute approximate surface area is 128 Å². The van der Waals surface area contributed by atoms with Gasteiger partial charge in [0.05, 0.1) is 5.56 Å². The summed E-state index contributed by atoms with van der Waals surface area (Å²) in [4.78, 5) is 0. The molecule has 0 saturated carbocycles. The fourth-order valence-corrected chi connectivity index (χ4v) is 2.07. The maximum absolute atomic E-state index is 12.7. The number of hydrogen-bond acceptors (Lipinski definition) is 2. The Bertz CT molecular complexity index is 656. The molecule has 0 saturated heterocycles. The summed E-state index contributed by atoms with van der Waals surface area (Å²) in [6.07, 6.45) is -4.39. The number of alkyl halides is 3. The van der Waals surface area contributed by atoms with Gasteiger partial charge < -0.3 is 10.5 Å². The van der Waals surface area contributed by atoms with Crippen LogP contribution in [0.5, 0.6) is 11.5 Å². The van der Waals surface area contributed by atoms with Gasteiger partial charge in [-0.05, 0) is 48.9 Å². The maximum Gasteiger partial charge on any atom is 0.416 e. The predicted octanol–water partition coefficient (Wildman–Crippen LogP) is 5.03. The van der Waals surface area contributed by atoms with E-state index in [1.807, 2.05) is 13.0 Å². The van der Waals surface area contributed by atoms with E-state index in [-0.39, 0.29) is 6.54 Å². The molecule has 0 heterocycles. The summed E-state index contributed by atoms with van der Waals surface area (Å²) in [5.41, 5.74) is 6.06. The van der Waals surface area contributed by atoms with Crippen LogP contribution < -0.4 is 10.5 Å². The van der Waals surface area contributed by atoms with E-state index in [0.717, 1.165) is 22.2 Å². The van der Waals surface area contributed by atoms with Crippen molar-refractivity contribution in [1.29, 1.82) is 0 Å². The lowest BCUT2D eigenvalue weighted by atomic mass is 10.1. The molecule has 112 valence electrons. The first-order chi connectivity index (χ1) is 9.81. The fraction of sp³-hybridized carbons (Fsp3) is 0.200. The number of benzene rings is 2. The Morgan fingerprint density at radius 2 is 1.86 bits per heavy atom. The van der Waals surface area contributed by atoms with Crippen LogP contribution in [-0.2, 0) is 12.7 Å². The minimum absolute atomic E-state index is 0.0330. The van der Waals surface area contributed by atoms with Gasteiger partial charge in [0.25, 0.3) is 0 Å². The molecule has 21 heavy (non-hydrogen) atoms. The average molecular weight is 360 g/mol. The highest BCUT2D eigenvalue weighted by atomic mass is 79.9. The van der Waals surface area contributed by atoms with Crippen LogP contribution in [0.1, 0.15) is 16.7 Å². The highest BCUT2D eigenvalue weighted by Crippen LogP contribution is 2.34. The zero-order chi connectivity index (χ0) is 15.6. The standard InChI is InChI=1S/C15H13BrF3NO/c1-9-6-12(3-4-13(9)16)21-14-5-2-11(15(17,18)19)7-10(14)8-20/h2-7H,8,20H2,1H3. The topological polar surface area (TPSA) is 35.2 Å². The highest BCUT2D eigenvalue weighted by Gasteiger charge is 2.31. The zero-order valence-corrected chi connectivity index (χ0v) is 12.8. The third-order valence-corrected chi connectivity index (χ3v) is 3.85. The van der Waals surface area contributed by atoms with Crippen LogP contribution in [0.25, 0.3) is 0 Å². The number of aryl methyl sites for hydroxylation is 1. The summed E-state index contributed by atoms with van der Waals surface area (Å²) in [6, 6.07) is 8.64. The van der Waals surface area contributed by atoms with E-state index >= 15 is 0 Å². The van der Waals surface area contributed by atoms with E-state index in [1.54, 1.807) is 12.1 Å². The Kier molecular flexibility index (Phi) is 4.58. The van der Waals surface area contributed by atoms with Gasteiger partial charge in [-0.25, -0.2) is 0 Å². The van der Waals surface area contributed by atoms with Crippen LogP contribution in [0.4, 0.5) is 13.2 Å². The van der Waals surface area contributed by atoms with Crippen molar-refractivity contribution in [2.24, 2.45) is 5.73 Å². The van der Waals surface area contributed by atoms with E-state index in [1.165, 1.54) is 6.07 Å². The minimum atomic E-state index is -4.39. The second-order valence-corrected chi connectivity index (χ2v) is 5.39. The molecule has 2 rings (SSSR count). The molecule has 0 radical (unpaired) electrons. The molecule has 0 aromatic heterocycles. The molecular weight excluding hydrogens is 347 g/mol. The summed E-state index contributed by atoms with van der Waals surface area (Å²) < 4.78 is 44.6. The van der Waals surface area contributed by atoms with Crippen molar-refractivity contribution in [3.05, 3.63) is 57.6 Å². The van der Waals surface area contributed by atoms with Crippen LogP contribution in [0.3, 0.4) is 0 Å². The number of nitrogens with two attached hydrogens (primary N) is 1. The molecule has 0 aliphatic rings. The molecule has 0 bridgehead atoms. The molecule has 0 aliphatic carbocycles. The van der Waals surface area contributed by atoms with Crippen LogP contribution in [-0.4, -0.2) is 0 Å². The first-order valence-corrected chi connectivity index (χ1v) is 6.95. The molecule has 0 atom stereocenters. The largest absolute Gasteiger partial charge is 0.457 e. The van der Waals surface area contributed by atoms with Gasteiger partial charge in [0, 0.05) is 16.6 Å². The number of halogens is 4. The fourth-order valence-electron chi connectivity index (χ4n) is 1.82. The molecule has 2 N–H and O–H groups in total. The lowest BCUT2D eigenvalue weighted by Crippen LogP contribution is -2.08. The van der Waals surface area contributed by atoms with Gasteiger partial charge in [-0.2, -0.15) is 13.2 Å². The van der Waals surface area contributed by atoms with Crippen molar-refractivity contribution >= 4 is 15.9 Å². The second-order valence-electron chi connectivity index (χ2n) is 4.54. The van der Waals surface area contributed by atoms with Gasteiger partial charge in [-0.1, -0.05) is 15.9 Å². The lowest BCUT2D eigenvalue weighted by Gasteiger charge is -2.14. The van der Waals surface area contributed by atoms with Crippen molar-refractivity contribution < 1.29 is 17.9 Å². The molecular formula is C15H13BrF3NO. The van der Waals surface area contributed by atoms with Gasteiger partial charge in [-0.15, -0.1) is 0 Å². The highest BCUT2D eigenvalue weighted by molar-refractivity contribution is 9.10. The van der Waals surface area contributed by atoms with E-state index < -0.39 is 11.7 Å². The molecule has 2 nitrogen and oxygen atoms in total. The lowest BCUT2D eigenvalue weighted by molar-refractivity contribution is -0.137. The molecule has 0 fully saturated rings. The molecule has 0 amide bonds. The average Bonchev–Trinajstić information content (AvgIpc) is 2.42. The molecule has 0 spiro atoms. The quantitative estimate of drug-likeness (QED) is 0.834. The maximum atomic E-state index is 12.7. The van der Waals surface area contributed by atoms with Crippen LogP contribution in [0, 0.1) is 6.92 Å². The van der Waals surface area contributed by atoms with Crippen LogP contribution in [0.2, 0.25) is 0 Å². The summed E-state index contributed by atoms with van der Waals surface area (Å²) in [7, 11) is 0. The first-order valence-electron chi connectivity index (χ1n) is 6.15. The Morgan fingerprint density at radius 3 is 2.43 bits per heavy atom. The predicted molar refractivity (Wildman–Crippen MR) is 78.3 cm³/mol. The Balaban J connectivity index is 2.33. The zero-order valence-electron chi connectivity index (χ0n) is 11.2. The van der Waals surface area contributed by atoms with Crippen molar-refractivity contribution in [3.8, 4) is 11.5 Å². The second kappa shape index (κ2) is 6.07. The summed E-state index contributed by atoms with van der Waals surface area (Å²) in [5, 5.41) is 0. The Hall–Kier alpha value is -1.53. The third kappa shape index (κ3) is 3.77. The van der Waals surface area contributed by atoms with Gasteiger partial charge >= 0.3 is 6.18 Å². The van der Waals surface area contributed by atoms with Gasteiger partial charge in [0.1, 0.15) is 11.5 Å². The van der Waals surface area contributed by atoms with E-state index in [4.69, 9.17) is 10.5 Å². The Morgan fingerprint density at radius 1 is 1.14 bits per heavy atom. The first kappa shape index (κ1) is 15.9. The van der Waals surface area contributed by atoms with Crippen LogP contribution in [0.15, 0.2) is 40.9 Å². The monoisotopic (exact) mass is 359 g/mol. The minimum Gasteiger partial charge on any atom is -0.457 e. The molecule has 6 heteroatoms. The molecule has 0 aliphatic heterocycles. The van der Waals surface area contributed by atoms with Gasteiger partial charge in [-0.3, -0.25) is 0 Å². The number of hydrogen-bond donors (Lipinski definition) is 1. The van der Waals surface area contributed by atoms with Crippen molar-refractivity contribution in [2.45, 2.75) is 19.6 Å². The van der Waals surface area contributed by atoms with Crippen molar-refractivity contribution in [2.75, 3.05) is 0 Å². The third-order valence-electron chi connectivity index (χ3n) is 2.96. The van der Waals surface area contributed by atoms with E-state index in [0.29, 0.717) is 17.1 Å². The molecule has 0 unspecified atom stereocenters. The smallest absolute Gasteiger partial charge is 0.416 e. The van der Waals surface area contributed by atoms with Gasteiger partial charge in [0.15, 0.2) is 0 Å². The van der Waals surface area contributed by atoms with E-state index in [9.17, 15) is 13.2 Å². The summed E-state index contributed by atoms with van der Waals surface area (Å²) >= 11 is 3.37. The van der Waals surface area contributed by atoms with Gasteiger partial charge in [0.2, 0.25) is 0 Å².